The van der Waals surface area contributed by atoms with Crippen LogP contribution in [0.2, 0.25) is 5.15 Å². The van der Waals surface area contributed by atoms with Crippen LogP contribution in [0.3, 0.4) is 0 Å². The lowest BCUT2D eigenvalue weighted by molar-refractivity contribution is 0.939. The van der Waals surface area contributed by atoms with Crippen LogP contribution in [0, 0.1) is 0 Å². The zero-order valence-electron chi connectivity index (χ0n) is 10.5. The number of aromatic amines is 1. The average molecular weight is 285 g/mol. The molecule has 0 radical (unpaired) electrons. The topological polar surface area (TPSA) is 72.3 Å². The van der Waals surface area contributed by atoms with E-state index in [1.54, 1.807) is 6.20 Å². The summed E-state index contributed by atoms with van der Waals surface area (Å²) in [4.78, 5) is 13.3. The molecule has 4 rings (SSSR count). The SMILES string of the molecule is Cn1c(-c2nc(Cl)c3n[nH]cc3n2)nc2ccccc21. The number of aromatic nitrogens is 6. The van der Waals surface area contributed by atoms with Crippen molar-refractivity contribution >= 4 is 33.7 Å². The summed E-state index contributed by atoms with van der Waals surface area (Å²) in [6.45, 7) is 0. The summed E-state index contributed by atoms with van der Waals surface area (Å²) in [5.74, 6) is 1.17. The number of aryl methyl sites for hydroxylation is 1. The molecule has 0 saturated heterocycles. The molecule has 4 aromatic rings. The smallest absolute Gasteiger partial charge is 0.198 e. The summed E-state index contributed by atoms with van der Waals surface area (Å²) in [5.41, 5.74) is 3.16. The van der Waals surface area contributed by atoms with Gasteiger partial charge in [-0.1, -0.05) is 23.7 Å². The van der Waals surface area contributed by atoms with Crippen molar-refractivity contribution in [1.29, 1.82) is 0 Å². The lowest BCUT2D eigenvalue weighted by Crippen LogP contribution is -1.98. The van der Waals surface area contributed by atoms with Gasteiger partial charge in [0.05, 0.1) is 11.0 Å². The Bertz CT molecular complexity index is 938. The molecule has 0 unspecified atom stereocenters. The van der Waals surface area contributed by atoms with Gasteiger partial charge in [-0.25, -0.2) is 15.0 Å². The molecule has 0 aliphatic carbocycles. The molecule has 0 spiro atoms. The molecule has 0 fully saturated rings. The van der Waals surface area contributed by atoms with Gasteiger partial charge < -0.3 is 4.57 Å². The highest BCUT2D eigenvalue weighted by Gasteiger charge is 2.15. The normalized spacial score (nSPS) is 11.5. The minimum Gasteiger partial charge on any atom is -0.324 e. The van der Waals surface area contributed by atoms with Crippen molar-refractivity contribution in [3.63, 3.8) is 0 Å². The van der Waals surface area contributed by atoms with E-state index in [0.29, 0.717) is 27.8 Å². The zero-order valence-corrected chi connectivity index (χ0v) is 11.3. The number of nitrogens with zero attached hydrogens (tertiary/aromatic N) is 5. The van der Waals surface area contributed by atoms with Gasteiger partial charge in [-0.3, -0.25) is 5.10 Å². The Labute approximate surface area is 118 Å². The number of rotatable bonds is 1. The first-order chi connectivity index (χ1) is 9.74. The number of hydrogen-bond donors (Lipinski definition) is 1. The van der Waals surface area contributed by atoms with Crippen molar-refractivity contribution in [2.45, 2.75) is 0 Å². The maximum absolute atomic E-state index is 6.13. The standard InChI is InChI=1S/C13H9ClN6/c1-20-9-5-3-2-4-7(9)17-13(20)12-16-8-6-15-19-10(8)11(14)18-12/h2-6H,1H3,(H,15,19). The van der Waals surface area contributed by atoms with Crippen LogP contribution in [0.15, 0.2) is 30.5 Å². The third kappa shape index (κ3) is 1.51. The molecule has 0 saturated carbocycles. The summed E-state index contributed by atoms with van der Waals surface area (Å²) in [6.07, 6.45) is 1.69. The van der Waals surface area contributed by atoms with E-state index in [9.17, 15) is 0 Å². The van der Waals surface area contributed by atoms with Crippen molar-refractivity contribution in [3.05, 3.63) is 35.6 Å². The van der Waals surface area contributed by atoms with Gasteiger partial charge in [0, 0.05) is 13.2 Å². The van der Waals surface area contributed by atoms with Crippen LogP contribution in [0.5, 0.6) is 0 Å². The molecule has 7 heteroatoms. The fourth-order valence-electron chi connectivity index (χ4n) is 2.25. The summed E-state index contributed by atoms with van der Waals surface area (Å²) in [6, 6.07) is 7.88. The second-order valence-electron chi connectivity index (χ2n) is 4.44. The highest BCUT2D eigenvalue weighted by atomic mass is 35.5. The van der Waals surface area contributed by atoms with E-state index < -0.39 is 0 Å². The van der Waals surface area contributed by atoms with Crippen LogP contribution in [-0.2, 0) is 7.05 Å². The third-order valence-electron chi connectivity index (χ3n) is 3.23. The van der Waals surface area contributed by atoms with E-state index in [4.69, 9.17) is 11.6 Å². The van der Waals surface area contributed by atoms with Crippen LogP contribution in [0.4, 0.5) is 0 Å². The average Bonchev–Trinajstić information content (AvgIpc) is 3.04. The van der Waals surface area contributed by atoms with Crippen LogP contribution >= 0.6 is 11.6 Å². The number of H-pyrrole nitrogens is 1. The van der Waals surface area contributed by atoms with Crippen molar-refractivity contribution in [1.82, 2.24) is 29.7 Å². The lowest BCUT2D eigenvalue weighted by atomic mass is 10.3. The Kier molecular flexibility index (Phi) is 2.28. The molecule has 6 nitrogen and oxygen atoms in total. The number of halogens is 1. The molecule has 0 aliphatic rings. The highest BCUT2D eigenvalue weighted by Crippen LogP contribution is 2.25. The van der Waals surface area contributed by atoms with Gasteiger partial charge in [0.2, 0.25) is 0 Å². The Hall–Kier alpha value is -2.47. The first kappa shape index (κ1) is 11.4. The zero-order chi connectivity index (χ0) is 13.7. The Balaban J connectivity index is 2.03. The molecule has 0 atom stereocenters. The molecular formula is C13H9ClN6. The minimum atomic E-state index is 0.318. The maximum atomic E-state index is 6.13. The number of imidazole rings is 1. The first-order valence-electron chi connectivity index (χ1n) is 6.03. The molecule has 20 heavy (non-hydrogen) atoms. The Morgan fingerprint density at radius 2 is 1.95 bits per heavy atom. The van der Waals surface area contributed by atoms with Crippen LogP contribution in [0.1, 0.15) is 0 Å². The van der Waals surface area contributed by atoms with Crippen molar-refractivity contribution in [2.24, 2.45) is 7.05 Å². The van der Waals surface area contributed by atoms with Crippen molar-refractivity contribution < 1.29 is 0 Å². The lowest BCUT2D eigenvalue weighted by Gasteiger charge is -2.01. The molecule has 0 aliphatic heterocycles. The molecule has 0 bridgehead atoms. The second kappa shape index (κ2) is 4.01. The van der Waals surface area contributed by atoms with Crippen LogP contribution < -0.4 is 0 Å². The Morgan fingerprint density at radius 1 is 1.10 bits per heavy atom. The van der Waals surface area contributed by atoms with Crippen LogP contribution in [-0.4, -0.2) is 29.7 Å². The van der Waals surface area contributed by atoms with E-state index in [-0.39, 0.29) is 0 Å². The minimum absolute atomic E-state index is 0.318. The molecule has 98 valence electrons. The predicted octanol–water partition coefficient (Wildman–Crippen LogP) is 2.56. The summed E-state index contributed by atoms with van der Waals surface area (Å²) < 4.78 is 1.95. The fraction of sp³-hybridized carbons (Fsp3) is 0.0769. The molecule has 3 heterocycles. The van der Waals surface area contributed by atoms with E-state index >= 15 is 0 Å². The monoisotopic (exact) mass is 284 g/mol. The fourth-order valence-corrected chi connectivity index (χ4v) is 2.47. The summed E-state index contributed by atoms with van der Waals surface area (Å²) in [7, 11) is 1.93. The summed E-state index contributed by atoms with van der Waals surface area (Å²) in [5, 5.41) is 7.06. The van der Waals surface area contributed by atoms with E-state index in [0.717, 1.165) is 11.0 Å². The van der Waals surface area contributed by atoms with Gasteiger partial charge in [-0.2, -0.15) is 5.10 Å². The van der Waals surface area contributed by atoms with Gasteiger partial charge >= 0.3 is 0 Å². The predicted molar refractivity (Wildman–Crippen MR) is 76.4 cm³/mol. The molecule has 1 N–H and O–H groups in total. The molecule has 0 amide bonds. The highest BCUT2D eigenvalue weighted by molar-refractivity contribution is 6.33. The number of para-hydroxylation sites is 2. The van der Waals surface area contributed by atoms with Gasteiger partial charge in [0.25, 0.3) is 0 Å². The van der Waals surface area contributed by atoms with Gasteiger partial charge in [-0.15, -0.1) is 0 Å². The largest absolute Gasteiger partial charge is 0.324 e. The summed E-state index contributed by atoms with van der Waals surface area (Å²) >= 11 is 6.13. The third-order valence-corrected chi connectivity index (χ3v) is 3.50. The van der Waals surface area contributed by atoms with Gasteiger partial charge in [-0.05, 0) is 12.1 Å². The van der Waals surface area contributed by atoms with Gasteiger partial charge in [0.1, 0.15) is 11.0 Å². The molecular weight excluding hydrogens is 276 g/mol. The van der Waals surface area contributed by atoms with E-state index in [2.05, 4.69) is 25.1 Å². The molecule has 1 aromatic carbocycles. The maximum Gasteiger partial charge on any atom is 0.198 e. The molecule has 3 aromatic heterocycles. The second-order valence-corrected chi connectivity index (χ2v) is 4.80. The number of benzene rings is 1. The van der Waals surface area contributed by atoms with Crippen LogP contribution in [0.25, 0.3) is 33.7 Å². The van der Waals surface area contributed by atoms with Crippen molar-refractivity contribution in [2.75, 3.05) is 0 Å². The van der Waals surface area contributed by atoms with E-state index in [1.165, 1.54) is 0 Å². The Morgan fingerprint density at radius 3 is 2.80 bits per heavy atom. The van der Waals surface area contributed by atoms with Gasteiger partial charge in [0.15, 0.2) is 16.8 Å². The quantitative estimate of drug-likeness (QED) is 0.545. The first-order valence-corrected chi connectivity index (χ1v) is 6.40. The van der Waals surface area contributed by atoms with E-state index in [1.807, 2.05) is 35.9 Å². The van der Waals surface area contributed by atoms with Crippen molar-refractivity contribution in [3.8, 4) is 11.6 Å². The number of hydrogen-bond acceptors (Lipinski definition) is 4. The number of nitrogens with one attached hydrogen (secondary N) is 1. The number of fused-ring (bicyclic) bond motifs is 2.